The summed E-state index contributed by atoms with van der Waals surface area (Å²) in [6.07, 6.45) is 7.43. The third-order valence-corrected chi connectivity index (χ3v) is 4.89. The molecule has 28 heavy (non-hydrogen) atoms. The first-order valence-electron chi connectivity index (χ1n) is 9.43. The molecule has 2 aromatic heterocycles. The van der Waals surface area contributed by atoms with Gasteiger partial charge in [-0.3, -0.25) is 0 Å². The number of alkyl halides is 1. The van der Waals surface area contributed by atoms with Gasteiger partial charge in [0.05, 0.1) is 23.0 Å². The number of nitrogens with one attached hydrogen (secondary N) is 2. The maximum absolute atomic E-state index is 14.4. The molecule has 0 amide bonds. The number of rotatable bonds is 6. The summed E-state index contributed by atoms with van der Waals surface area (Å²) in [4.78, 5) is 12.3. The Bertz CT molecular complexity index is 853. The molecule has 0 atom stereocenters. The number of anilines is 2. The van der Waals surface area contributed by atoms with Gasteiger partial charge in [-0.25, -0.2) is 19.3 Å². The fourth-order valence-corrected chi connectivity index (χ4v) is 3.41. The number of nitriles is 1. The van der Waals surface area contributed by atoms with Crippen molar-refractivity contribution in [1.82, 2.24) is 15.0 Å². The molecule has 0 saturated heterocycles. The second kappa shape index (κ2) is 8.48. The van der Waals surface area contributed by atoms with Crippen molar-refractivity contribution in [1.29, 1.82) is 5.26 Å². The number of nitrogens with zero attached hydrogens (tertiary/aromatic N) is 4. The monoisotopic (exact) mass is 384 g/mol. The van der Waals surface area contributed by atoms with E-state index in [4.69, 9.17) is 0 Å². The lowest BCUT2D eigenvalue weighted by atomic mass is 9.93. The van der Waals surface area contributed by atoms with Crippen LogP contribution in [0.1, 0.15) is 56.4 Å². The first-order valence-corrected chi connectivity index (χ1v) is 9.43. The molecule has 2 aromatic rings. The topological polar surface area (TPSA) is 107 Å². The molecule has 3 N–H and O–H groups in total. The number of aliphatic hydroxyl groups excluding tert-OH is 1. The quantitative estimate of drug-likeness (QED) is 0.701. The SMILES string of the molecule is CC(C)(F)c1ncncc1CNc1cc(NC2CCC(O)CC2)c(C#N)cn1. The molecular formula is C20H25FN6O. The van der Waals surface area contributed by atoms with Crippen molar-refractivity contribution in [3.63, 3.8) is 0 Å². The summed E-state index contributed by atoms with van der Waals surface area (Å²) in [6.45, 7) is 3.24. The highest BCUT2D eigenvalue weighted by Gasteiger charge is 2.24. The molecule has 2 heterocycles. The molecule has 0 bridgehead atoms. The summed E-state index contributed by atoms with van der Waals surface area (Å²) in [7, 11) is 0. The molecule has 7 nitrogen and oxygen atoms in total. The number of halogens is 1. The van der Waals surface area contributed by atoms with Gasteiger partial charge in [0.1, 0.15) is 23.9 Å². The fraction of sp³-hybridized carbons (Fsp3) is 0.500. The summed E-state index contributed by atoms with van der Waals surface area (Å²) in [5.41, 5.74) is 0.581. The van der Waals surface area contributed by atoms with E-state index in [-0.39, 0.29) is 12.1 Å². The molecule has 0 aromatic carbocycles. The van der Waals surface area contributed by atoms with Gasteiger partial charge in [0, 0.05) is 36.6 Å². The molecule has 1 saturated carbocycles. The molecule has 3 rings (SSSR count). The Morgan fingerprint density at radius 2 is 2.00 bits per heavy atom. The average Bonchev–Trinajstić information content (AvgIpc) is 2.68. The summed E-state index contributed by atoms with van der Waals surface area (Å²) in [6, 6.07) is 4.15. The van der Waals surface area contributed by atoms with Gasteiger partial charge in [0.15, 0.2) is 0 Å². The molecule has 1 aliphatic carbocycles. The fourth-order valence-electron chi connectivity index (χ4n) is 3.41. The largest absolute Gasteiger partial charge is 0.393 e. The highest BCUT2D eigenvalue weighted by Crippen LogP contribution is 2.27. The summed E-state index contributed by atoms with van der Waals surface area (Å²) in [5.74, 6) is 0.573. The van der Waals surface area contributed by atoms with Crippen LogP contribution in [0.4, 0.5) is 15.9 Å². The zero-order valence-corrected chi connectivity index (χ0v) is 16.1. The lowest BCUT2D eigenvalue weighted by molar-refractivity contribution is 0.126. The van der Waals surface area contributed by atoms with E-state index >= 15 is 0 Å². The van der Waals surface area contributed by atoms with Crippen molar-refractivity contribution < 1.29 is 9.50 Å². The Labute approximate surface area is 164 Å². The van der Waals surface area contributed by atoms with Gasteiger partial charge in [-0.2, -0.15) is 5.26 Å². The van der Waals surface area contributed by atoms with Gasteiger partial charge in [-0.1, -0.05) is 0 Å². The molecule has 148 valence electrons. The van der Waals surface area contributed by atoms with E-state index in [2.05, 4.69) is 31.7 Å². The molecule has 1 aliphatic rings. The molecule has 8 heteroatoms. The Balaban J connectivity index is 1.73. The molecule has 0 aliphatic heterocycles. The van der Waals surface area contributed by atoms with Crippen molar-refractivity contribution in [3.8, 4) is 6.07 Å². The summed E-state index contributed by atoms with van der Waals surface area (Å²) < 4.78 is 14.4. The van der Waals surface area contributed by atoms with E-state index in [1.54, 1.807) is 12.3 Å². The number of hydrogen-bond donors (Lipinski definition) is 3. The Morgan fingerprint density at radius 1 is 1.25 bits per heavy atom. The number of hydrogen-bond acceptors (Lipinski definition) is 7. The van der Waals surface area contributed by atoms with Crippen LogP contribution in [0.2, 0.25) is 0 Å². The van der Waals surface area contributed by atoms with E-state index in [0.717, 1.165) is 25.7 Å². The number of aromatic nitrogens is 3. The Morgan fingerprint density at radius 3 is 2.68 bits per heavy atom. The zero-order chi connectivity index (χ0) is 20.1. The first-order chi connectivity index (χ1) is 13.4. The van der Waals surface area contributed by atoms with Crippen LogP contribution >= 0.6 is 0 Å². The van der Waals surface area contributed by atoms with Gasteiger partial charge < -0.3 is 15.7 Å². The van der Waals surface area contributed by atoms with Gasteiger partial charge >= 0.3 is 0 Å². The average molecular weight is 384 g/mol. The third-order valence-electron chi connectivity index (χ3n) is 4.89. The number of aliphatic hydroxyl groups is 1. The second-order valence-electron chi connectivity index (χ2n) is 7.60. The lowest BCUT2D eigenvalue weighted by Gasteiger charge is -2.27. The maximum atomic E-state index is 14.4. The number of pyridine rings is 1. The van der Waals surface area contributed by atoms with E-state index in [9.17, 15) is 14.8 Å². The zero-order valence-electron chi connectivity index (χ0n) is 16.1. The molecule has 0 unspecified atom stereocenters. The van der Waals surface area contributed by atoms with E-state index in [0.29, 0.717) is 34.9 Å². The summed E-state index contributed by atoms with van der Waals surface area (Å²) in [5, 5.41) is 25.6. The van der Waals surface area contributed by atoms with Crippen LogP contribution in [0, 0.1) is 11.3 Å². The third kappa shape index (κ3) is 4.93. The van der Waals surface area contributed by atoms with Gasteiger partial charge in [-0.05, 0) is 39.5 Å². The minimum Gasteiger partial charge on any atom is -0.393 e. The molecule has 1 fully saturated rings. The van der Waals surface area contributed by atoms with Crippen molar-refractivity contribution in [2.45, 2.75) is 63.9 Å². The predicted octanol–water partition coefficient (Wildman–Crippen LogP) is 3.28. The first kappa shape index (κ1) is 20.0. The van der Waals surface area contributed by atoms with Gasteiger partial charge in [0.2, 0.25) is 0 Å². The van der Waals surface area contributed by atoms with Crippen molar-refractivity contribution in [2.24, 2.45) is 0 Å². The normalized spacial score (nSPS) is 19.7. The van der Waals surface area contributed by atoms with E-state index in [1.165, 1.54) is 26.4 Å². The molecular weight excluding hydrogens is 359 g/mol. The van der Waals surface area contributed by atoms with Crippen LogP contribution in [0.5, 0.6) is 0 Å². The minimum atomic E-state index is -1.57. The van der Waals surface area contributed by atoms with Crippen LogP contribution in [-0.4, -0.2) is 32.2 Å². The molecule has 0 radical (unpaired) electrons. The van der Waals surface area contributed by atoms with E-state index in [1.807, 2.05) is 0 Å². The smallest absolute Gasteiger partial charge is 0.147 e. The Hall–Kier alpha value is -2.79. The van der Waals surface area contributed by atoms with Gasteiger partial charge in [-0.15, -0.1) is 0 Å². The van der Waals surface area contributed by atoms with Crippen molar-refractivity contribution >= 4 is 11.5 Å². The maximum Gasteiger partial charge on any atom is 0.147 e. The van der Waals surface area contributed by atoms with Crippen LogP contribution in [-0.2, 0) is 12.2 Å². The van der Waals surface area contributed by atoms with Crippen molar-refractivity contribution in [2.75, 3.05) is 10.6 Å². The minimum absolute atomic E-state index is 0.215. The highest BCUT2D eigenvalue weighted by molar-refractivity contribution is 5.62. The molecule has 0 spiro atoms. The highest BCUT2D eigenvalue weighted by atomic mass is 19.1. The predicted molar refractivity (Wildman–Crippen MR) is 104 cm³/mol. The van der Waals surface area contributed by atoms with Crippen LogP contribution in [0.25, 0.3) is 0 Å². The van der Waals surface area contributed by atoms with Crippen LogP contribution < -0.4 is 10.6 Å². The van der Waals surface area contributed by atoms with Gasteiger partial charge in [0.25, 0.3) is 0 Å². The summed E-state index contributed by atoms with van der Waals surface area (Å²) >= 11 is 0. The Kier molecular flexibility index (Phi) is 6.05. The standard InChI is InChI=1S/C20H25FN6O/c1-20(2,21)19-14(9-23-12-26-19)11-25-18-7-17(13(8-22)10-24-18)27-15-3-5-16(28)6-4-15/h7,9-10,12,15-16,28H,3-6,11H2,1-2H3,(H2,24,25,27). The van der Waals surface area contributed by atoms with Crippen LogP contribution in [0.15, 0.2) is 24.8 Å². The lowest BCUT2D eigenvalue weighted by Crippen LogP contribution is -2.28. The van der Waals surface area contributed by atoms with E-state index < -0.39 is 5.67 Å². The second-order valence-corrected chi connectivity index (χ2v) is 7.60. The van der Waals surface area contributed by atoms with Crippen LogP contribution in [0.3, 0.4) is 0 Å². The van der Waals surface area contributed by atoms with Crippen molar-refractivity contribution in [3.05, 3.63) is 41.6 Å².